The number of esters is 1. The van der Waals surface area contributed by atoms with E-state index in [1.54, 1.807) is 0 Å². The summed E-state index contributed by atoms with van der Waals surface area (Å²) in [4.78, 5) is 26.5. The fourth-order valence-corrected chi connectivity index (χ4v) is 2.14. The lowest BCUT2D eigenvalue weighted by Gasteiger charge is -2.16. The standard InChI is InChI=1S/C13H21N5O6/c1-5(2)7(14)13(22)23-3-6-8(19)9(20)12(24-6)18-4-16-11(17-18)10(15)21/h4-9,12,19-20H,3,14H2,1-2H3,(H2,15,21)/p+1/t6?,7-,8-,9-,12-/m0/s1. The van der Waals surface area contributed by atoms with E-state index in [0.717, 1.165) is 11.0 Å². The molecule has 0 saturated carbocycles. The van der Waals surface area contributed by atoms with Crippen LogP contribution in [-0.4, -0.2) is 67.8 Å². The van der Waals surface area contributed by atoms with E-state index in [4.69, 9.17) is 15.2 Å². The van der Waals surface area contributed by atoms with Gasteiger partial charge in [-0.25, -0.2) is 14.5 Å². The number of hydrogen-bond acceptors (Lipinski definition) is 8. The number of nitrogens with two attached hydrogens (primary N) is 1. The van der Waals surface area contributed by atoms with Crippen LogP contribution in [0, 0.1) is 5.92 Å². The topological polar surface area (TPSA) is 177 Å². The number of carbonyl (C=O) groups excluding carboxylic acids is 2. The SMILES string of the molecule is CC(C)[C@H]([NH3+])C(=O)OCC1O[C@H](n2cnc(C(N)=O)n2)[C@@H](O)[C@H]1O. The van der Waals surface area contributed by atoms with Gasteiger partial charge in [-0.1, -0.05) is 13.8 Å². The minimum Gasteiger partial charge on any atom is -0.458 e. The van der Waals surface area contributed by atoms with Crippen molar-refractivity contribution in [2.75, 3.05) is 6.61 Å². The molecule has 0 spiro atoms. The Morgan fingerprint density at radius 1 is 1.46 bits per heavy atom. The Hall–Kier alpha value is -2.08. The average molecular weight is 344 g/mol. The highest BCUT2D eigenvalue weighted by atomic mass is 16.6. The molecule has 2 rings (SSSR count). The van der Waals surface area contributed by atoms with E-state index in [1.807, 2.05) is 13.8 Å². The fourth-order valence-electron chi connectivity index (χ4n) is 2.14. The minimum atomic E-state index is -1.34. The Bertz CT molecular complexity index is 605. The molecular weight excluding hydrogens is 322 g/mol. The third kappa shape index (κ3) is 3.70. The molecule has 1 aliphatic heterocycles. The van der Waals surface area contributed by atoms with Crippen molar-refractivity contribution in [2.24, 2.45) is 11.7 Å². The maximum absolute atomic E-state index is 11.8. The highest BCUT2D eigenvalue weighted by Gasteiger charge is 2.45. The molecule has 1 unspecified atom stereocenters. The molecule has 1 aromatic rings. The number of aliphatic hydroxyl groups is 2. The normalized spacial score (nSPS) is 28.1. The van der Waals surface area contributed by atoms with Crippen LogP contribution < -0.4 is 11.5 Å². The molecule has 5 atom stereocenters. The summed E-state index contributed by atoms with van der Waals surface area (Å²) in [5, 5.41) is 23.9. The number of carbonyl (C=O) groups is 2. The number of amides is 1. The van der Waals surface area contributed by atoms with E-state index in [1.165, 1.54) is 0 Å². The summed E-state index contributed by atoms with van der Waals surface area (Å²) in [6.07, 6.45) is -3.51. The number of hydrogen-bond donors (Lipinski definition) is 4. The summed E-state index contributed by atoms with van der Waals surface area (Å²) in [5.41, 5.74) is 8.76. The highest BCUT2D eigenvalue weighted by Crippen LogP contribution is 2.29. The van der Waals surface area contributed by atoms with Crippen molar-refractivity contribution in [3.8, 4) is 0 Å². The minimum absolute atomic E-state index is 0.00706. The number of nitrogens with zero attached hydrogens (tertiary/aromatic N) is 3. The van der Waals surface area contributed by atoms with Crippen molar-refractivity contribution in [3.05, 3.63) is 12.2 Å². The zero-order chi connectivity index (χ0) is 18.0. The highest BCUT2D eigenvalue weighted by molar-refractivity contribution is 5.88. The Morgan fingerprint density at radius 3 is 2.67 bits per heavy atom. The van der Waals surface area contributed by atoms with Crippen molar-refractivity contribution < 1.29 is 35.0 Å². The molecule has 0 bridgehead atoms. The Labute approximate surface area is 137 Å². The van der Waals surface area contributed by atoms with Crippen LogP contribution in [-0.2, 0) is 14.3 Å². The van der Waals surface area contributed by atoms with Crippen LogP contribution in [0.5, 0.6) is 0 Å². The van der Waals surface area contributed by atoms with Gasteiger partial charge >= 0.3 is 5.97 Å². The van der Waals surface area contributed by atoms with Crippen molar-refractivity contribution >= 4 is 11.9 Å². The van der Waals surface area contributed by atoms with Crippen molar-refractivity contribution in [3.63, 3.8) is 0 Å². The lowest BCUT2D eigenvalue weighted by atomic mass is 10.1. The monoisotopic (exact) mass is 344 g/mol. The lowest BCUT2D eigenvalue weighted by molar-refractivity contribution is -0.418. The van der Waals surface area contributed by atoms with Gasteiger partial charge in [-0.05, 0) is 0 Å². The largest absolute Gasteiger partial charge is 0.458 e. The fraction of sp³-hybridized carbons (Fsp3) is 0.692. The first-order valence-electron chi connectivity index (χ1n) is 7.44. The Morgan fingerprint density at radius 2 is 2.12 bits per heavy atom. The molecule has 0 radical (unpaired) electrons. The molecule has 134 valence electrons. The summed E-state index contributed by atoms with van der Waals surface area (Å²) in [6, 6.07) is -0.544. The van der Waals surface area contributed by atoms with Crippen LogP contribution in [0.15, 0.2) is 6.33 Å². The van der Waals surface area contributed by atoms with E-state index < -0.39 is 42.5 Å². The van der Waals surface area contributed by atoms with E-state index in [0.29, 0.717) is 0 Å². The van der Waals surface area contributed by atoms with Gasteiger partial charge in [0.15, 0.2) is 12.3 Å². The van der Waals surface area contributed by atoms with E-state index in [2.05, 4.69) is 15.8 Å². The molecule has 1 amide bonds. The molecule has 11 heteroatoms. The Balaban J connectivity index is 1.99. The first-order valence-corrected chi connectivity index (χ1v) is 7.44. The smallest absolute Gasteiger partial charge is 0.365 e. The average Bonchev–Trinajstić information content (AvgIpc) is 3.11. The van der Waals surface area contributed by atoms with Gasteiger partial charge in [0.2, 0.25) is 5.82 Å². The lowest BCUT2D eigenvalue weighted by Crippen LogP contribution is -2.68. The van der Waals surface area contributed by atoms with E-state index in [9.17, 15) is 19.8 Å². The zero-order valence-electron chi connectivity index (χ0n) is 13.4. The van der Waals surface area contributed by atoms with E-state index >= 15 is 0 Å². The Kier molecular flexibility index (Phi) is 5.49. The van der Waals surface area contributed by atoms with Crippen LogP contribution in [0.1, 0.15) is 30.7 Å². The maximum Gasteiger partial charge on any atom is 0.365 e. The summed E-state index contributed by atoms with van der Waals surface area (Å²) in [7, 11) is 0. The molecule has 7 N–H and O–H groups in total. The predicted molar refractivity (Wildman–Crippen MR) is 76.9 cm³/mol. The molecule has 11 nitrogen and oxygen atoms in total. The molecule has 0 aliphatic carbocycles. The summed E-state index contributed by atoms with van der Waals surface area (Å²) >= 11 is 0. The number of rotatable bonds is 6. The molecular formula is C13H22N5O6+. The number of ether oxygens (including phenoxy) is 2. The van der Waals surface area contributed by atoms with Gasteiger partial charge < -0.3 is 31.2 Å². The second kappa shape index (κ2) is 7.21. The van der Waals surface area contributed by atoms with Crippen molar-refractivity contribution in [1.29, 1.82) is 0 Å². The molecule has 1 saturated heterocycles. The van der Waals surface area contributed by atoms with Crippen LogP contribution in [0.4, 0.5) is 0 Å². The molecule has 2 heterocycles. The van der Waals surface area contributed by atoms with Crippen molar-refractivity contribution in [1.82, 2.24) is 14.8 Å². The van der Waals surface area contributed by atoms with Gasteiger partial charge in [-0.2, -0.15) is 0 Å². The molecule has 1 aliphatic rings. The number of quaternary nitrogens is 1. The van der Waals surface area contributed by atoms with Crippen LogP contribution in [0.2, 0.25) is 0 Å². The molecule has 0 aromatic carbocycles. The van der Waals surface area contributed by atoms with Crippen LogP contribution in [0.25, 0.3) is 0 Å². The zero-order valence-corrected chi connectivity index (χ0v) is 13.4. The van der Waals surface area contributed by atoms with Gasteiger partial charge in [0.1, 0.15) is 31.2 Å². The molecule has 1 fully saturated rings. The molecule has 1 aromatic heterocycles. The third-order valence-corrected chi connectivity index (χ3v) is 3.82. The first-order chi connectivity index (χ1) is 11.2. The van der Waals surface area contributed by atoms with Crippen molar-refractivity contribution in [2.45, 2.75) is 44.4 Å². The number of aromatic nitrogens is 3. The second-order valence-electron chi connectivity index (χ2n) is 5.94. The van der Waals surface area contributed by atoms with Gasteiger partial charge in [0.05, 0.1) is 0 Å². The van der Waals surface area contributed by atoms with Crippen LogP contribution in [0.3, 0.4) is 0 Å². The first kappa shape index (κ1) is 18.3. The maximum atomic E-state index is 11.8. The summed E-state index contributed by atoms with van der Waals surface area (Å²) < 4.78 is 11.6. The molecule has 24 heavy (non-hydrogen) atoms. The number of primary amides is 1. The second-order valence-corrected chi connectivity index (χ2v) is 5.94. The quantitative estimate of drug-likeness (QED) is 0.390. The van der Waals surface area contributed by atoms with Crippen LogP contribution >= 0.6 is 0 Å². The third-order valence-electron chi connectivity index (χ3n) is 3.82. The number of aliphatic hydroxyl groups excluding tert-OH is 2. The van der Waals surface area contributed by atoms with E-state index in [-0.39, 0.29) is 18.3 Å². The summed E-state index contributed by atoms with van der Waals surface area (Å²) in [5.74, 6) is -1.59. The summed E-state index contributed by atoms with van der Waals surface area (Å²) in [6.45, 7) is 3.42. The van der Waals surface area contributed by atoms with Gasteiger partial charge in [-0.3, -0.25) is 4.79 Å². The van der Waals surface area contributed by atoms with Gasteiger partial charge in [0, 0.05) is 5.92 Å². The predicted octanol–water partition coefficient (Wildman–Crippen LogP) is -3.19. The van der Waals surface area contributed by atoms with Gasteiger partial charge in [0.25, 0.3) is 5.91 Å². The van der Waals surface area contributed by atoms with Gasteiger partial charge in [-0.15, -0.1) is 5.10 Å².